The van der Waals surface area contributed by atoms with Crippen molar-refractivity contribution in [2.24, 2.45) is 0 Å². The van der Waals surface area contributed by atoms with E-state index in [0.717, 1.165) is 23.3 Å². The maximum Gasteiger partial charge on any atom is 0.573 e. The molecule has 7 heteroatoms. The molecule has 1 atom stereocenters. The summed E-state index contributed by atoms with van der Waals surface area (Å²) in [4.78, 5) is 12.1. The molecule has 1 N–H and O–H groups in total. The maximum atomic E-state index is 12.1. The van der Waals surface area contributed by atoms with Gasteiger partial charge in [-0.25, -0.2) is 0 Å². The van der Waals surface area contributed by atoms with E-state index in [4.69, 9.17) is 4.74 Å². The molecule has 4 nitrogen and oxygen atoms in total. The lowest BCUT2D eigenvalue weighted by Crippen LogP contribution is -2.29. The first kappa shape index (κ1) is 18.8. The Morgan fingerprint density at radius 3 is 2.32 bits per heavy atom. The van der Waals surface area contributed by atoms with Gasteiger partial charge in [-0.3, -0.25) is 4.79 Å². The van der Waals surface area contributed by atoms with Crippen molar-refractivity contribution < 1.29 is 27.4 Å². The molecule has 0 saturated carbocycles. The molecule has 0 fully saturated rings. The third kappa shape index (κ3) is 5.49. The molecule has 1 amide bonds. The Balaban J connectivity index is 1.98. The van der Waals surface area contributed by atoms with Crippen LogP contribution in [0.4, 0.5) is 13.2 Å². The summed E-state index contributed by atoms with van der Waals surface area (Å²) in [5, 5.41) is 2.72. The Bertz CT molecular complexity index is 714. The molecule has 0 unspecified atom stereocenters. The zero-order chi connectivity index (χ0) is 18.4. The van der Waals surface area contributed by atoms with Crippen LogP contribution in [0.25, 0.3) is 0 Å². The summed E-state index contributed by atoms with van der Waals surface area (Å²) < 4.78 is 45.6. The molecule has 0 aliphatic heterocycles. The highest BCUT2D eigenvalue weighted by Crippen LogP contribution is 2.23. The van der Waals surface area contributed by atoms with Gasteiger partial charge in [0, 0.05) is 19.2 Å². The fraction of sp³-hybridized carbons (Fsp3) is 0.278. The third-order valence-corrected chi connectivity index (χ3v) is 3.62. The summed E-state index contributed by atoms with van der Waals surface area (Å²) in [6.45, 7) is 2.18. The van der Waals surface area contributed by atoms with E-state index in [0.29, 0.717) is 0 Å². The highest BCUT2D eigenvalue weighted by atomic mass is 19.4. The lowest BCUT2D eigenvalue weighted by molar-refractivity contribution is -0.274. The molecule has 0 aromatic heterocycles. The van der Waals surface area contributed by atoms with Gasteiger partial charge >= 0.3 is 6.36 Å². The number of carbonyl (C=O) groups excluding carboxylic acids is 1. The Morgan fingerprint density at radius 2 is 1.76 bits per heavy atom. The van der Waals surface area contributed by atoms with Crippen LogP contribution in [0, 0.1) is 6.92 Å². The second kappa shape index (κ2) is 8.02. The van der Waals surface area contributed by atoms with Crippen LogP contribution in [-0.4, -0.2) is 25.9 Å². The van der Waals surface area contributed by atoms with E-state index in [1.54, 1.807) is 7.11 Å². The average molecular weight is 353 g/mol. The lowest BCUT2D eigenvalue weighted by atomic mass is 10.0. The lowest BCUT2D eigenvalue weighted by Gasteiger charge is -2.18. The smallest absolute Gasteiger partial charge is 0.406 e. The standard InChI is InChI=1S/C18H18F3NO3/c1-12-5-3-4-6-15(12)16(24-2)11-22-17(23)13-7-9-14(10-8-13)25-18(19,20)21/h3-10,16H,11H2,1-2H3,(H,22,23)/t16-/m1/s1. The topological polar surface area (TPSA) is 47.6 Å². The van der Waals surface area contributed by atoms with Gasteiger partial charge in [0.05, 0.1) is 6.10 Å². The van der Waals surface area contributed by atoms with Crippen molar-refractivity contribution in [3.05, 3.63) is 65.2 Å². The molecule has 0 bridgehead atoms. The summed E-state index contributed by atoms with van der Waals surface area (Å²) in [6, 6.07) is 12.4. The number of hydrogen-bond acceptors (Lipinski definition) is 3. The predicted octanol–water partition coefficient (Wildman–Crippen LogP) is 4.01. The number of alkyl halides is 3. The first-order valence-corrected chi connectivity index (χ1v) is 7.52. The normalized spacial score (nSPS) is 12.5. The van der Waals surface area contributed by atoms with Gasteiger partial charge in [0.15, 0.2) is 0 Å². The number of carbonyl (C=O) groups is 1. The van der Waals surface area contributed by atoms with Crippen LogP contribution in [0.15, 0.2) is 48.5 Å². The molecular weight excluding hydrogens is 335 g/mol. The summed E-state index contributed by atoms with van der Waals surface area (Å²) >= 11 is 0. The number of ether oxygens (including phenoxy) is 2. The number of benzene rings is 2. The van der Waals surface area contributed by atoms with Crippen molar-refractivity contribution in [2.75, 3.05) is 13.7 Å². The maximum absolute atomic E-state index is 12.1. The average Bonchev–Trinajstić information content (AvgIpc) is 2.56. The number of methoxy groups -OCH3 is 1. The molecule has 0 aliphatic carbocycles. The van der Waals surface area contributed by atoms with E-state index < -0.39 is 12.3 Å². The minimum absolute atomic E-state index is 0.231. The predicted molar refractivity (Wildman–Crippen MR) is 86.4 cm³/mol. The van der Waals surface area contributed by atoms with E-state index in [1.165, 1.54) is 12.1 Å². The fourth-order valence-corrected chi connectivity index (χ4v) is 2.36. The van der Waals surface area contributed by atoms with Crippen LogP contribution in [-0.2, 0) is 4.74 Å². The highest BCUT2D eigenvalue weighted by Gasteiger charge is 2.31. The number of aryl methyl sites for hydroxylation is 1. The van der Waals surface area contributed by atoms with Gasteiger partial charge in [-0.05, 0) is 42.3 Å². The second-order valence-corrected chi connectivity index (χ2v) is 5.36. The minimum atomic E-state index is -4.76. The Hall–Kier alpha value is -2.54. The summed E-state index contributed by atoms with van der Waals surface area (Å²) in [7, 11) is 1.55. The zero-order valence-corrected chi connectivity index (χ0v) is 13.8. The molecule has 0 heterocycles. The van der Waals surface area contributed by atoms with Gasteiger partial charge in [0.1, 0.15) is 5.75 Å². The number of halogens is 3. The molecule has 25 heavy (non-hydrogen) atoms. The Labute approximate surface area is 143 Å². The monoisotopic (exact) mass is 353 g/mol. The van der Waals surface area contributed by atoms with Gasteiger partial charge in [0.2, 0.25) is 0 Å². The molecule has 2 rings (SSSR count). The third-order valence-electron chi connectivity index (χ3n) is 3.62. The van der Waals surface area contributed by atoms with Gasteiger partial charge < -0.3 is 14.8 Å². The van der Waals surface area contributed by atoms with Crippen molar-refractivity contribution in [3.63, 3.8) is 0 Å². The fourth-order valence-electron chi connectivity index (χ4n) is 2.36. The van der Waals surface area contributed by atoms with E-state index in [9.17, 15) is 18.0 Å². The van der Waals surface area contributed by atoms with Gasteiger partial charge in [0.25, 0.3) is 5.91 Å². The van der Waals surface area contributed by atoms with Crippen LogP contribution >= 0.6 is 0 Å². The first-order chi connectivity index (χ1) is 11.8. The molecule has 0 saturated heterocycles. The van der Waals surface area contributed by atoms with Crippen LogP contribution in [0.3, 0.4) is 0 Å². The van der Waals surface area contributed by atoms with Gasteiger partial charge in [-0.15, -0.1) is 13.2 Å². The molecule has 2 aromatic rings. The molecule has 2 aromatic carbocycles. The van der Waals surface area contributed by atoms with Crippen LogP contribution in [0.2, 0.25) is 0 Å². The van der Waals surface area contributed by atoms with Crippen LogP contribution < -0.4 is 10.1 Å². The number of rotatable bonds is 6. The van der Waals surface area contributed by atoms with Gasteiger partial charge in [-0.1, -0.05) is 24.3 Å². The van der Waals surface area contributed by atoms with Gasteiger partial charge in [-0.2, -0.15) is 0 Å². The number of nitrogens with one attached hydrogen (secondary N) is 1. The molecule has 0 radical (unpaired) electrons. The van der Waals surface area contributed by atoms with E-state index in [1.807, 2.05) is 31.2 Å². The largest absolute Gasteiger partial charge is 0.573 e. The second-order valence-electron chi connectivity index (χ2n) is 5.36. The number of hydrogen-bond donors (Lipinski definition) is 1. The zero-order valence-electron chi connectivity index (χ0n) is 13.8. The van der Waals surface area contributed by atoms with E-state index in [-0.39, 0.29) is 24.0 Å². The van der Waals surface area contributed by atoms with Crippen LogP contribution in [0.5, 0.6) is 5.75 Å². The van der Waals surface area contributed by atoms with Crippen molar-refractivity contribution in [1.29, 1.82) is 0 Å². The van der Waals surface area contributed by atoms with Crippen molar-refractivity contribution in [3.8, 4) is 5.75 Å². The highest BCUT2D eigenvalue weighted by molar-refractivity contribution is 5.94. The molecule has 0 aliphatic rings. The van der Waals surface area contributed by atoms with E-state index >= 15 is 0 Å². The SMILES string of the molecule is CO[C@H](CNC(=O)c1ccc(OC(F)(F)F)cc1)c1ccccc1C. The Morgan fingerprint density at radius 1 is 1.12 bits per heavy atom. The first-order valence-electron chi connectivity index (χ1n) is 7.52. The minimum Gasteiger partial charge on any atom is -0.406 e. The summed E-state index contributed by atoms with van der Waals surface area (Å²) in [5.74, 6) is -0.784. The van der Waals surface area contributed by atoms with E-state index in [2.05, 4.69) is 10.1 Å². The summed E-state index contributed by atoms with van der Waals surface area (Å²) in [5.41, 5.74) is 2.23. The number of amides is 1. The van der Waals surface area contributed by atoms with Crippen molar-refractivity contribution in [2.45, 2.75) is 19.4 Å². The molecule has 0 spiro atoms. The quantitative estimate of drug-likeness (QED) is 0.854. The van der Waals surface area contributed by atoms with Crippen LogP contribution in [0.1, 0.15) is 27.6 Å². The van der Waals surface area contributed by atoms with Crippen molar-refractivity contribution >= 4 is 5.91 Å². The molecular formula is C18H18F3NO3. The van der Waals surface area contributed by atoms with Crippen molar-refractivity contribution in [1.82, 2.24) is 5.32 Å². The summed E-state index contributed by atoms with van der Waals surface area (Å²) in [6.07, 6.45) is -5.08. The Kier molecular flexibility index (Phi) is 6.03. The molecule has 134 valence electrons.